The molecule has 3 aromatic rings. The van der Waals surface area contributed by atoms with Crippen LogP contribution in [0.2, 0.25) is 0 Å². The zero-order valence-electron chi connectivity index (χ0n) is 25.6. The van der Waals surface area contributed by atoms with Gasteiger partial charge in [-0.1, -0.05) is 32.0 Å². The first-order valence-corrected chi connectivity index (χ1v) is 14.8. The van der Waals surface area contributed by atoms with Crippen LogP contribution in [0, 0.1) is 5.92 Å². The van der Waals surface area contributed by atoms with Crippen molar-refractivity contribution >= 4 is 5.97 Å². The van der Waals surface area contributed by atoms with Crippen molar-refractivity contribution in [2.75, 3.05) is 26.8 Å². The predicted octanol–water partition coefficient (Wildman–Crippen LogP) is -0.902. The van der Waals surface area contributed by atoms with Crippen LogP contribution in [0.1, 0.15) is 43.1 Å². The summed E-state index contributed by atoms with van der Waals surface area (Å²) < 4.78 is 24.3. The van der Waals surface area contributed by atoms with Crippen molar-refractivity contribution in [1.82, 2.24) is 24.4 Å². The quantitative estimate of drug-likeness (QED) is 0.134. The molecule has 5 N–H and O–H groups in total. The molecule has 8 atom stereocenters. The Kier molecular flexibility index (Phi) is 12.0. The van der Waals surface area contributed by atoms with Crippen molar-refractivity contribution in [3.05, 3.63) is 102 Å². The smallest absolute Gasteiger partial charge is 0.338 e. The minimum atomic E-state index is -1.26. The van der Waals surface area contributed by atoms with E-state index >= 15 is 0 Å². The van der Waals surface area contributed by atoms with E-state index in [1.54, 1.807) is 31.4 Å². The molecule has 16 nitrogen and oxygen atoms in total. The van der Waals surface area contributed by atoms with E-state index in [4.69, 9.17) is 18.9 Å². The molecule has 2 aromatic heterocycles. The van der Waals surface area contributed by atoms with E-state index in [-0.39, 0.29) is 12.0 Å². The number of H-pyrrole nitrogens is 2. The molecule has 0 unspecified atom stereocenters. The van der Waals surface area contributed by atoms with E-state index < -0.39 is 65.3 Å². The Bertz CT molecular complexity index is 1670. The van der Waals surface area contributed by atoms with Crippen LogP contribution < -0.4 is 27.8 Å². The number of hydrogen-bond acceptors (Lipinski definition) is 12. The van der Waals surface area contributed by atoms with Gasteiger partial charge in [-0.3, -0.25) is 28.7 Å². The molecule has 2 aliphatic rings. The number of aliphatic hydroxyl groups is 2. The first kappa shape index (κ1) is 34.7. The molecule has 0 saturated carbocycles. The third-order valence-corrected chi connectivity index (χ3v) is 7.77. The summed E-state index contributed by atoms with van der Waals surface area (Å²) in [5.41, 5.74) is -1.89. The Morgan fingerprint density at radius 3 is 2.04 bits per heavy atom. The molecule has 0 amide bonds. The van der Waals surface area contributed by atoms with E-state index in [1.165, 1.54) is 23.0 Å². The van der Waals surface area contributed by atoms with Crippen LogP contribution in [0.15, 0.2) is 74.0 Å². The highest BCUT2D eigenvalue weighted by molar-refractivity contribution is 5.89. The number of hydrogen-bond donors (Lipinski definition) is 5. The van der Waals surface area contributed by atoms with Gasteiger partial charge in [-0.15, -0.1) is 0 Å². The molecule has 0 bridgehead atoms. The van der Waals surface area contributed by atoms with Crippen LogP contribution in [0.5, 0.6) is 0 Å². The number of nitrogens with zero attached hydrogens (tertiary/aromatic N) is 2. The predicted molar refractivity (Wildman–Crippen MR) is 162 cm³/mol. The summed E-state index contributed by atoms with van der Waals surface area (Å²) >= 11 is 0. The molecule has 1 aromatic carbocycles. The van der Waals surface area contributed by atoms with Crippen molar-refractivity contribution in [3.8, 4) is 0 Å². The highest BCUT2D eigenvalue weighted by atomic mass is 16.6. The van der Waals surface area contributed by atoms with Gasteiger partial charge >= 0.3 is 17.3 Å². The summed E-state index contributed by atoms with van der Waals surface area (Å²) in [4.78, 5) is 62.8. The highest BCUT2D eigenvalue weighted by Crippen LogP contribution is 2.37. The number of rotatable bonds is 10. The number of aromatic nitrogens is 4. The largest absolute Gasteiger partial charge is 0.454 e. The number of aromatic amines is 2. The molecule has 2 saturated heterocycles. The van der Waals surface area contributed by atoms with Crippen molar-refractivity contribution in [2.24, 2.45) is 5.92 Å². The fraction of sp³-hybridized carbons (Fsp3) is 0.500. The van der Waals surface area contributed by atoms with Crippen LogP contribution in [0.3, 0.4) is 0 Å². The second-order valence-electron chi connectivity index (χ2n) is 10.8. The van der Waals surface area contributed by atoms with Crippen LogP contribution >= 0.6 is 0 Å². The third-order valence-electron chi connectivity index (χ3n) is 7.77. The maximum absolute atomic E-state index is 12.4. The number of ether oxygens (including phenoxy) is 4. The number of carbonyl (C=O) groups is 1. The van der Waals surface area contributed by atoms with Gasteiger partial charge in [0.1, 0.15) is 18.3 Å². The minimum absolute atomic E-state index is 0.0958. The Labute approximate surface area is 262 Å². The second-order valence-corrected chi connectivity index (χ2v) is 10.8. The van der Waals surface area contributed by atoms with Gasteiger partial charge in [0, 0.05) is 50.6 Å². The third kappa shape index (κ3) is 8.14. The summed E-state index contributed by atoms with van der Waals surface area (Å²) in [6, 6.07) is 11.0. The van der Waals surface area contributed by atoms with Crippen molar-refractivity contribution in [1.29, 1.82) is 0 Å². The molecule has 5 rings (SSSR count). The van der Waals surface area contributed by atoms with E-state index in [0.717, 1.165) is 17.1 Å². The molecule has 0 spiro atoms. The molecular weight excluding hydrogens is 606 g/mol. The minimum Gasteiger partial charge on any atom is -0.454 e. The highest BCUT2D eigenvalue weighted by Gasteiger charge is 2.45. The molecule has 2 fully saturated rings. The molecule has 16 heteroatoms. The van der Waals surface area contributed by atoms with Gasteiger partial charge in [-0.2, -0.15) is 0 Å². The lowest BCUT2D eigenvalue weighted by atomic mass is 9.98. The molecule has 0 aliphatic carbocycles. The number of methoxy groups -OCH3 is 1. The Morgan fingerprint density at radius 2 is 1.48 bits per heavy atom. The van der Waals surface area contributed by atoms with Gasteiger partial charge in [-0.25, -0.2) is 14.4 Å². The van der Waals surface area contributed by atoms with Gasteiger partial charge in [0.25, 0.3) is 11.1 Å². The van der Waals surface area contributed by atoms with Gasteiger partial charge in [0.15, 0.2) is 18.6 Å². The monoisotopic (exact) mass is 645 g/mol. The average Bonchev–Trinajstić information content (AvgIpc) is 3.50. The second kappa shape index (κ2) is 15.9. The van der Waals surface area contributed by atoms with Gasteiger partial charge in [-0.05, 0) is 18.6 Å². The topological polar surface area (TPSA) is 216 Å². The SMILES string of the molecule is CC[C@H]1O[C@@H](n2ccc(=O)[nH]c2=O)[C@H](OC(=O)c2ccccc2)[C@@H]1C.COCCNC[C@H]1O[C@@H](n2ccc(=O)[nH]c2=O)[C@H](O)[C@@H]1O. The number of carbonyl (C=O) groups excluding carboxylic acids is 1. The fourth-order valence-corrected chi connectivity index (χ4v) is 5.28. The number of nitrogens with one attached hydrogen (secondary N) is 3. The molecule has 4 heterocycles. The summed E-state index contributed by atoms with van der Waals surface area (Å²) in [5.74, 6) is -0.568. The lowest BCUT2D eigenvalue weighted by Gasteiger charge is -2.22. The van der Waals surface area contributed by atoms with Crippen molar-refractivity contribution in [3.63, 3.8) is 0 Å². The normalized spacial score (nSPS) is 27.2. The molecule has 0 radical (unpaired) electrons. The Hall–Kier alpha value is -4.19. The van der Waals surface area contributed by atoms with Crippen molar-refractivity contribution < 1.29 is 34.0 Å². The summed E-state index contributed by atoms with van der Waals surface area (Å²) in [6.07, 6.45) is -2.38. The van der Waals surface area contributed by atoms with Crippen LogP contribution in [0.25, 0.3) is 0 Å². The zero-order chi connectivity index (χ0) is 33.4. The van der Waals surface area contributed by atoms with Gasteiger partial charge < -0.3 is 34.5 Å². The van der Waals surface area contributed by atoms with E-state index in [2.05, 4.69) is 15.3 Å². The van der Waals surface area contributed by atoms with E-state index in [0.29, 0.717) is 25.3 Å². The zero-order valence-corrected chi connectivity index (χ0v) is 25.6. The maximum atomic E-state index is 12.4. The van der Waals surface area contributed by atoms with Crippen molar-refractivity contribution in [2.45, 2.75) is 63.2 Å². The number of benzene rings is 1. The van der Waals surface area contributed by atoms with Gasteiger partial charge in [0.05, 0.1) is 18.3 Å². The van der Waals surface area contributed by atoms with Crippen LogP contribution in [-0.4, -0.2) is 92.6 Å². The summed E-state index contributed by atoms with van der Waals surface area (Å²) in [5, 5.41) is 23.0. The fourth-order valence-electron chi connectivity index (χ4n) is 5.28. The van der Waals surface area contributed by atoms with Gasteiger partial charge in [0.2, 0.25) is 0 Å². The standard InChI is InChI=1S/C18H20N2O5.C12H19N3O6/c1-3-13-11(2)15(25-17(22)12-7-5-4-6-8-12)16(24-13)20-10-9-14(21)19-18(20)23;1-20-5-3-13-6-7-9(17)10(18)11(21-7)15-4-2-8(16)14-12(15)19/h4-11,13,15-16H,3H2,1-2H3,(H,19,21,23);2,4,7,9-11,13,17-18H,3,5-6H2,1H3,(H,14,16,19)/t11-,13-,15-,16-;7-,9-,10-,11-/m11/s1. The molecule has 46 heavy (non-hydrogen) atoms. The lowest BCUT2D eigenvalue weighted by Crippen LogP contribution is -2.39. The number of aliphatic hydroxyl groups excluding tert-OH is 2. The lowest BCUT2D eigenvalue weighted by molar-refractivity contribution is -0.0510. The average molecular weight is 646 g/mol. The Balaban J connectivity index is 0.000000212. The van der Waals surface area contributed by atoms with E-state index in [9.17, 15) is 34.2 Å². The molecule has 250 valence electrons. The van der Waals surface area contributed by atoms with Crippen LogP contribution in [0.4, 0.5) is 0 Å². The molecular formula is C30H39N5O11. The molecule has 2 aliphatic heterocycles. The van der Waals surface area contributed by atoms with E-state index in [1.807, 2.05) is 19.9 Å². The maximum Gasteiger partial charge on any atom is 0.338 e. The Morgan fingerprint density at radius 1 is 0.891 bits per heavy atom. The van der Waals surface area contributed by atoms with Crippen LogP contribution in [-0.2, 0) is 18.9 Å². The summed E-state index contributed by atoms with van der Waals surface area (Å²) in [6.45, 7) is 5.27. The number of esters is 1. The first-order valence-electron chi connectivity index (χ1n) is 14.8. The first-order chi connectivity index (χ1) is 22.0. The summed E-state index contributed by atoms with van der Waals surface area (Å²) in [7, 11) is 1.57.